The number of aromatic nitrogens is 3. The standard InChI is InChI=1S/C51H29N3OS2/c1-3-12-30(13-4-1)49-52-50(31-14-5-2-6-15-31)54-51(53-49)33-22-24-35-39-26-32(23-25-44(39)57-46(35)29-33)34-27-40(47-37-16-7-9-19-41(37)55-42(47)28-34)36-18-11-21-45-48(36)38-17-8-10-20-43(38)56-45/h1-29H. The molecule has 266 valence electrons. The summed E-state index contributed by atoms with van der Waals surface area (Å²) in [6.07, 6.45) is 0. The first-order chi connectivity index (χ1) is 28.2. The Morgan fingerprint density at radius 3 is 1.74 bits per heavy atom. The van der Waals surface area contributed by atoms with E-state index in [0.717, 1.165) is 49.8 Å². The van der Waals surface area contributed by atoms with Gasteiger partial charge in [0.25, 0.3) is 0 Å². The molecule has 12 aromatic rings. The summed E-state index contributed by atoms with van der Waals surface area (Å²) in [7, 11) is 0. The normalized spacial score (nSPS) is 11.9. The largest absolute Gasteiger partial charge is 0.456 e. The first kappa shape index (κ1) is 32.3. The zero-order valence-corrected chi connectivity index (χ0v) is 31.9. The van der Waals surface area contributed by atoms with Gasteiger partial charge in [-0.1, -0.05) is 127 Å². The maximum atomic E-state index is 6.62. The van der Waals surface area contributed by atoms with Crippen LogP contribution in [-0.2, 0) is 0 Å². The first-order valence-corrected chi connectivity index (χ1v) is 20.6. The quantitative estimate of drug-likeness (QED) is 0.175. The van der Waals surface area contributed by atoms with Crippen molar-refractivity contribution in [3.05, 3.63) is 176 Å². The fourth-order valence-corrected chi connectivity index (χ4v) is 10.5. The molecule has 0 bridgehead atoms. The zero-order valence-electron chi connectivity index (χ0n) is 30.3. The van der Waals surface area contributed by atoms with Gasteiger partial charge < -0.3 is 4.42 Å². The molecule has 0 amide bonds. The lowest BCUT2D eigenvalue weighted by atomic mass is 9.92. The molecule has 0 aliphatic rings. The van der Waals surface area contributed by atoms with Crippen molar-refractivity contribution in [1.82, 2.24) is 15.0 Å². The summed E-state index contributed by atoms with van der Waals surface area (Å²) in [6, 6.07) is 62.1. The van der Waals surface area contributed by atoms with Crippen LogP contribution in [0.2, 0.25) is 0 Å². The molecule has 0 saturated heterocycles. The van der Waals surface area contributed by atoms with Gasteiger partial charge in [-0.05, 0) is 70.8 Å². The fraction of sp³-hybridized carbons (Fsp3) is 0. The van der Waals surface area contributed by atoms with Crippen molar-refractivity contribution in [2.24, 2.45) is 0 Å². The van der Waals surface area contributed by atoms with E-state index in [0.29, 0.717) is 17.5 Å². The van der Waals surface area contributed by atoms with Crippen LogP contribution in [0.25, 0.3) is 119 Å². The van der Waals surface area contributed by atoms with Gasteiger partial charge in [-0.15, -0.1) is 22.7 Å². The van der Waals surface area contributed by atoms with Gasteiger partial charge in [-0.2, -0.15) is 0 Å². The lowest BCUT2D eigenvalue weighted by molar-refractivity contribution is 0.669. The summed E-state index contributed by atoms with van der Waals surface area (Å²) in [5, 5.41) is 7.29. The van der Waals surface area contributed by atoms with Gasteiger partial charge >= 0.3 is 0 Å². The molecule has 12 rings (SSSR count). The van der Waals surface area contributed by atoms with Crippen LogP contribution in [0.1, 0.15) is 0 Å². The van der Waals surface area contributed by atoms with Crippen LogP contribution in [0.15, 0.2) is 180 Å². The Kier molecular flexibility index (Phi) is 7.24. The van der Waals surface area contributed by atoms with Crippen molar-refractivity contribution >= 4 is 85.0 Å². The third-order valence-corrected chi connectivity index (χ3v) is 13.2. The molecule has 0 N–H and O–H groups in total. The van der Waals surface area contributed by atoms with E-state index in [9.17, 15) is 0 Å². The topological polar surface area (TPSA) is 51.8 Å². The smallest absolute Gasteiger partial charge is 0.164 e. The molecular weight excluding hydrogens is 735 g/mol. The number of furan rings is 1. The molecule has 0 spiro atoms. The molecular formula is C51H29N3OS2. The van der Waals surface area contributed by atoms with E-state index in [4.69, 9.17) is 19.4 Å². The highest BCUT2D eigenvalue weighted by atomic mass is 32.1. The summed E-state index contributed by atoms with van der Waals surface area (Å²) in [4.78, 5) is 14.9. The Morgan fingerprint density at radius 2 is 0.947 bits per heavy atom. The van der Waals surface area contributed by atoms with Crippen molar-refractivity contribution in [2.45, 2.75) is 0 Å². The second-order valence-corrected chi connectivity index (χ2v) is 16.5. The molecule has 0 atom stereocenters. The third kappa shape index (κ3) is 5.30. The van der Waals surface area contributed by atoms with Gasteiger partial charge in [0.2, 0.25) is 0 Å². The minimum absolute atomic E-state index is 0.655. The van der Waals surface area contributed by atoms with Crippen molar-refractivity contribution in [1.29, 1.82) is 0 Å². The van der Waals surface area contributed by atoms with Crippen molar-refractivity contribution in [3.8, 4) is 56.4 Å². The van der Waals surface area contributed by atoms with Crippen molar-refractivity contribution in [2.75, 3.05) is 0 Å². The number of nitrogens with zero attached hydrogens (tertiary/aromatic N) is 3. The van der Waals surface area contributed by atoms with Crippen LogP contribution in [0.4, 0.5) is 0 Å². The summed E-state index contributed by atoms with van der Waals surface area (Å²) in [6.45, 7) is 0. The van der Waals surface area contributed by atoms with Crippen molar-refractivity contribution < 1.29 is 4.42 Å². The molecule has 0 radical (unpaired) electrons. The zero-order chi connectivity index (χ0) is 37.5. The molecule has 8 aromatic carbocycles. The Hall–Kier alpha value is -6.99. The highest BCUT2D eigenvalue weighted by Gasteiger charge is 2.20. The number of thiophene rings is 2. The van der Waals surface area contributed by atoms with Crippen LogP contribution in [0.5, 0.6) is 0 Å². The van der Waals surface area contributed by atoms with E-state index < -0.39 is 0 Å². The number of benzene rings is 8. The minimum atomic E-state index is 0.655. The molecule has 6 heteroatoms. The first-order valence-electron chi connectivity index (χ1n) is 18.9. The molecule has 0 unspecified atom stereocenters. The van der Waals surface area contributed by atoms with Gasteiger partial charge in [0, 0.05) is 67.8 Å². The lowest BCUT2D eigenvalue weighted by Crippen LogP contribution is -1.99. The average Bonchev–Trinajstić information content (AvgIpc) is 3.97. The molecule has 57 heavy (non-hydrogen) atoms. The average molecular weight is 764 g/mol. The highest BCUT2D eigenvalue weighted by Crippen LogP contribution is 2.46. The number of hydrogen-bond acceptors (Lipinski definition) is 6. The molecule has 0 fully saturated rings. The van der Waals surface area contributed by atoms with Crippen LogP contribution in [0.3, 0.4) is 0 Å². The van der Waals surface area contributed by atoms with Gasteiger partial charge in [-0.25, -0.2) is 15.0 Å². The van der Waals surface area contributed by atoms with Gasteiger partial charge in [0.1, 0.15) is 11.2 Å². The van der Waals surface area contributed by atoms with Crippen LogP contribution in [-0.4, -0.2) is 15.0 Å². The van der Waals surface area contributed by atoms with E-state index in [1.807, 2.05) is 78.1 Å². The number of fused-ring (bicyclic) bond motifs is 9. The summed E-state index contributed by atoms with van der Waals surface area (Å²) in [5.41, 5.74) is 9.34. The summed E-state index contributed by atoms with van der Waals surface area (Å²) < 4.78 is 11.6. The molecule has 0 aliphatic heterocycles. The fourth-order valence-electron chi connectivity index (χ4n) is 8.27. The third-order valence-electron chi connectivity index (χ3n) is 10.9. The summed E-state index contributed by atoms with van der Waals surface area (Å²) >= 11 is 3.65. The Bertz CT molecular complexity index is 3470. The number of para-hydroxylation sites is 1. The molecule has 4 nitrogen and oxygen atoms in total. The van der Waals surface area contributed by atoms with E-state index in [2.05, 4.69) is 109 Å². The Morgan fingerprint density at radius 1 is 0.316 bits per heavy atom. The monoisotopic (exact) mass is 763 g/mol. The van der Waals surface area contributed by atoms with Crippen LogP contribution in [0, 0.1) is 0 Å². The highest BCUT2D eigenvalue weighted by molar-refractivity contribution is 7.26. The SMILES string of the molecule is c1ccc(-c2nc(-c3ccccc3)nc(-c3ccc4c(c3)sc3ccc(-c5cc(-c6cccc7sc8ccccc8c67)c6c(c5)oc5ccccc56)cc34)n2)cc1. The second-order valence-electron chi connectivity index (χ2n) is 14.3. The van der Waals surface area contributed by atoms with Crippen LogP contribution >= 0.6 is 22.7 Å². The van der Waals surface area contributed by atoms with Crippen molar-refractivity contribution in [3.63, 3.8) is 0 Å². The van der Waals surface area contributed by atoms with E-state index in [-0.39, 0.29) is 0 Å². The Balaban J connectivity index is 1.02. The van der Waals surface area contributed by atoms with Gasteiger partial charge in [-0.3, -0.25) is 0 Å². The predicted molar refractivity (Wildman–Crippen MR) is 240 cm³/mol. The Labute approximate surface area is 335 Å². The molecule has 4 heterocycles. The number of rotatable bonds is 5. The van der Waals surface area contributed by atoms with E-state index >= 15 is 0 Å². The lowest BCUT2D eigenvalue weighted by Gasteiger charge is -2.11. The van der Waals surface area contributed by atoms with Crippen LogP contribution < -0.4 is 0 Å². The molecule has 4 aromatic heterocycles. The van der Waals surface area contributed by atoms with E-state index in [1.165, 1.54) is 51.5 Å². The summed E-state index contributed by atoms with van der Waals surface area (Å²) in [5.74, 6) is 1.97. The van der Waals surface area contributed by atoms with E-state index in [1.54, 1.807) is 11.3 Å². The predicted octanol–water partition coefficient (Wildman–Crippen LogP) is 14.8. The minimum Gasteiger partial charge on any atom is -0.456 e. The molecule has 0 saturated carbocycles. The van der Waals surface area contributed by atoms with Gasteiger partial charge in [0.05, 0.1) is 0 Å². The maximum absolute atomic E-state index is 6.62. The second kappa shape index (κ2) is 12.8. The van der Waals surface area contributed by atoms with Gasteiger partial charge in [0.15, 0.2) is 17.5 Å². The maximum Gasteiger partial charge on any atom is 0.164 e. The number of hydrogen-bond donors (Lipinski definition) is 0. The molecule has 0 aliphatic carbocycles.